The molecule has 0 atom stereocenters. The van der Waals surface area contributed by atoms with E-state index in [2.05, 4.69) is 15.6 Å². The summed E-state index contributed by atoms with van der Waals surface area (Å²) in [4.78, 5) is 26.3. The summed E-state index contributed by atoms with van der Waals surface area (Å²) < 4.78 is 13.0. The zero-order valence-electron chi connectivity index (χ0n) is 10.1. The second-order valence-corrected chi connectivity index (χ2v) is 3.79. The minimum absolute atomic E-state index is 0.0499. The molecule has 3 N–H and O–H groups in total. The molecule has 0 saturated carbocycles. The van der Waals surface area contributed by atoms with Crippen LogP contribution in [0.15, 0.2) is 42.6 Å². The first-order chi connectivity index (χ1) is 9.56. The van der Waals surface area contributed by atoms with Gasteiger partial charge < -0.3 is 15.7 Å². The van der Waals surface area contributed by atoms with Gasteiger partial charge in [0.05, 0.1) is 5.69 Å². The van der Waals surface area contributed by atoms with E-state index < -0.39 is 17.8 Å². The maximum atomic E-state index is 13.0. The zero-order valence-corrected chi connectivity index (χ0v) is 10.1. The standard InChI is InChI=1S/C13H10FN3O3/c14-8-3-1-4-9(7-8)16-13(20)17-10-5-2-6-15-11(10)12(18)19/h1-7H,(H,18,19)(H2,16,17,20). The fourth-order valence-corrected chi connectivity index (χ4v) is 1.53. The summed E-state index contributed by atoms with van der Waals surface area (Å²) in [6.45, 7) is 0. The van der Waals surface area contributed by atoms with Crippen LogP contribution in [0.3, 0.4) is 0 Å². The smallest absolute Gasteiger partial charge is 0.356 e. The van der Waals surface area contributed by atoms with E-state index in [4.69, 9.17) is 5.11 Å². The van der Waals surface area contributed by atoms with Crippen molar-refractivity contribution in [2.75, 3.05) is 10.6 Å². The van der Waals surface area contributed by atoms with Gasteiger partial charge in [-0.05, 0) is 30.3 Å². The van der Waals surface area contributed by atoms with Crippen LogP contribution in [-0.4, -0.2) is 22.1 Å². The predicted molar refractivity (Wildman–Crippen MR) is 70.2 cm³/mol. The quantitative estimate of drug-likeness (QED) is 0.802. The van der Waals surface area contributed by atoms with Gasteiger partial charge in [0.1, 0.15) is 5.82 Å². The van der Waals surface area contributed by atoms with E-state index in [-0.39, 0.29) is 17.1 Å². The van der Waals surface area contributed by atoms with Gasteiger partial charge in [-0.1, -0.05) is 6.07 Å². The molecule has 0 aliphatic rings. The minimum atomic E-state index is -1.26. The Morgan fingerprint density at radius 1 is 1.15 bits per heavy atom. The molecule has 102 valence electrons. The molecule has 0 saturated heterocycles. The first kappa shape index (κ1) is 13.5. The topological polar surface area (TPSA) is 91.3 Å². The summed E-state index contributed by atoms with van der Waals surface area (Å²) >= 11 is 0. The summed E-state index contributed by atoms with van der Waals surface area (Å²) in [6, 6.07) is 7.53. The van der Waals surface area contributed by atoms with Gasteiger partial charge >= 0.3 is 12.0 Å². The number of carbonyl (C=O) groups excluding carboxylic acids is 1. The molecule has 0 aliphatic heterocycles. The Labute approximate surface area is 113 Å². The SMILES string of the molecule is O=C(Nc1cccc(F)c1)Nc1cccnc1C(=O)O. The number of aromatic nitrogens is 1. The van der Waals surface area contributed by atoms with Gasteiger partial charge in [-0.3, -0.25) is 0 Å². The summed E-state index contributed by atoms with van der Waals surface area (Å²) in [5.74, 6) is -1.75. The number of benzene rings is 1. The Bertz CT molecular complexity index is 661. The van der Waals surface area contributed by atoms with Crippen LogP contribution in [0.2, 0.25) is 0 Å². The maximum Gasteiger partial charge on any atom is 0.356 e. The van der Waals surface area contributed by atoms with E-state index >= 15 is 0 Å². The number of aromatic carboxylic acids is 1. The fraction of sp³-hybridized carbons (Fsp3) is 0. The van der Waals surface area contributed by atoms with Crippen LogP contribution in [0, 0.1) is 5.82 Å². The number of hydrogen-bond acceptors (Lipinski definition) is 3. The molecule has 0 bridgehead atoms. The predicted octanol–water partition coefficient (Wildman–Crippen LogP) is 2.56. The number of anilines is 2. The van der Waals surface area contributed by atoms with Crippen LogP contribution >= 0.6 is 0 Å². The largest absolute Gasteiger partial charge is 0.476 e. The van der Waals surface area contributed by atoms with Crippen molar-refractivity contribution in [1.82, 2.24) is 4.98 Å². The van der Waals surface area contributed by atoms with Gasteiger partial charge in [-0.2, -0.15) is 0 Å². The number of nitrogens with one attached hydrogen (secondary N) is 2. The average molecular weight is 275 g/mol. The third kappa shape index (κ3) is 3.29. The highest BCUT2D eigenvalue weighted by Crippen LogP contribution is 2.14. The number of rotatable bonds is 3. The molecule has 2 amide bonds. The van der Waals surface area contributed by atoms with Gasteiger partial charge in [0, 0.05) is 11.9 Å². The van der Waals surface area contributed by atoms with Crippen molar-refractivity contribution in [3.05, 3.63) is 54.1 Å². The van der Waals surface area contributed by atoms with Crippen LogP contribution in [0.4, 0.5) is 20.6 Å². The lowest BCUT2D eigenvalue weighted by Crippen LogP contribution is -2.21. The van der Waals surface area contributed by atoms with Crippen molar-refractivity contribution in [2.45, 2.75) is 0 Å². The molecule has 20 heavy (non-hydrogen) atoms. The van der Waals surface area contributed by atoms with Crippen molar-refractivity contribution in [3.8, 4) is 0 Å². The van der Waals surface area contributed by atoms with Gasteiger partial charge in [-0.15, -0.1) is 0 Å². The summed E-state index contributed by atoms with van der Waals surface area (Å²) in [6.07, 6.45) is 1.30. The summed E-state index contributed by atoms with van der Waals surface area (Å²) in [7, 11) is 0. The summed E-state index contributed by atoms with van der Waals surface area (Å²) in [5.41, 5.74) is 0.0269. The number of halogens is 1. The number of carboxylic acid groups (broad SMARTS) is 1. The lowest BCUT2D eigenvalue weighted by molar-refractivity contribution is 0.0691. The molecule has 0 aliphatic carbocycles. The number of pyridine rings is 1. The van der Waals surface area contributed by atoms with Crippen LogP contribution < -0.4 is 10.6 Å². The molecule has 0 spiro atoms. The monoisotopic (exact) mass is 275 g/mol. The molecule has 2 rings (SSSR count). The van der Waals surface area contributed by atoms with E-state index in [1.54, 1.807) is 0 Å². The van der Waals surface area contributed by atoms with E-state index in [0.29, 0.717) is 0 Å². The fourth-order valence-electron chi connectivity index (χ4n) is 1.53. The maximum absolute atomic E-state index is 13.0. The lowest BCUT2D eigenvalue weighted by atomic mass is 10.3. The molecular formula is C13H10FN3O3. The third-order valence-corrected chi connectivity index (χ3v) is 2.34. The molecule has 0 radical (unpaired) electrons. The molecule has 2 aromatic rings. The van der Waals surface area contributed by atoms with Crippen LogP contribution in [-0.2, 0) is 0 Å². The molecule has 1 aromatic heterocycles. The first-order valence-corrected chi connectivity index (χ1v) is 5.58. The van der Waals surface area contributed by atoms with E-state index in [0.717, 1.165) is 6.07 Å². The Kier molecular flexibility index (Phi) is 3.90. The molecule has 7 heteroatoms. The van der Waals surface area contributed by atoms with Gasteiger partial charge in [-0.25, -0.2) is 19.0 Å². The van der Waals surface area contributed by atoms with Crippen LogP contribution in [0.25, 0.3) is 0 Å². The van der Waals surface area contributed by atoms with E-state index in [1.807, 2.05) is 0 Å². The number of carboxylic acids is 1. The molecule has 6 nitrogen and oxygen atoms in total. The normalized spacial score (nSPS) is 9.85. The van der Waals surface area contributed by atoms with E-state index in [1.165, 1.54) is 36.5 Å². The highest BCUT2D eigenvalue weighted by molar-refractivity contribution is 6.03. The second kappa shape index (κ2) is 5.79. The van der Waals surface area contributed by atoms with Crippen molar-refractivity contribution in [2.24, 2.45) is 0 Å². The Morgan fingerprint density at radius 3 is 2.65 bits per heavy atom. The second-order valence-electron chi connectivity index (χ2n) is 3.79. The van der Waals surface area contributed by atoms with Crippen molar-refractivity contribution in [3.63, 3.8) is 0 Å². The van der Waals surface area contributed by atoms with Gasteiger partial charge in [0.2, 0.25) is 0 Å². The van der Waals surface area contributed by atoms with Crippen molar-refractivity contribution >= 4 is 23.4 Å². The molecule has 0 fully saturated rings. The number of carbonyl (C=O) groups is 2. The third-order valence-electron chi connectivity index (χ3n) is 2.34. The minimum Gasteiger partial charge on any atom is -0.476 e. The van der Waals surface area contributed by atoms with Crippen LogP contribution in [0.5, 0.6) is 0 Å². The highest BCUT2D eigenvalue weighted by atomic mass is 19.1. The Hall–Kier alpha value is -2.96. The average Bonchev–Trinajstić information content (AvgIpc) is 2.38. The van der Waals surface area contributed by atoms with Gasteiger partial charge in [0.15, 0.2) is 5.69 Å². The lowest BCUT2D eigenvalue weighted by Gasteiger charge is -2.09. The van der Waals surface area contributed by atoms with Crippen molar-refractivity contribution in [1.29, 1.82) is 0 Å². The highest BCUT2D eigenvalue weighted by Gasteiger charge is 2.13. The number of urea groups is 1. The molecule has 1 aromatic carbocycles. The molecule has 1 heterocycles. The zero-order chi connectivity index (χ0) is 14.5. The number of hydrogen-bond donors (Lipinski definition) is 3. The number of amides is 2. The molecular weight excluding hydrogens is 265 g/mol. The first-order valence-electron chi connectivity index (χ1n) is 5.58. The van der Waals surface area contributed by atoms with E-state index in [9.17, 15) is 14.0 Å². The van der Waals surface area contributed by atoms with Crippen LogP contribution in [0.1, 0.15) is 10.5 Å². The Balaban J connectivity index is 2.11. The number of nitrogens with zero attached hydrogens (tertiary/aromatic N) is 1. The molecule has 0 unspecified atom stereocenters. The Morgan fingerprint density at radius 2 is 1.95 bits per heavy atom. The van der Waals surface area contributed by atoms with Gasteiger partial charge in [0.25, 0.3) is 0 Å². The summed E-state index contributed by atoms with van der Waals surface area (Å²) in [5, 5.41) is 13.7. The van der Waals surface area contributed by atoms with Crippen molar-refractivity contribution < 1.29 is 19.1 Å².